The Labute approximate surface area is 130 Å². The number of rotatable bonds is 2. The predicted molar refractivity (Wildman–Crippen MR) is 91.1 cm³/mol. The lowest BCUT2D eigenvalue weighted by molar-refractivity contribution is 0.0945. The highest BCUT2D eigenvalue weighted by molar-refractivity contribution is 5.48. The lowest BCUT2D eigenvalue weighted by Crippen LogP contribution is -2.46. The van der Waals surface area contributed by atoms with Gasteiger partial charge in [0.25, 0.3) is 0 Å². The minimum atomic E-state index is 0.628. The smallest absolute Gasteiger partial charge is 0.0366 e. The third-order valence-electron chi connectivity index (χ3n) is 5.80. The lowest BCUT2D eigenvalue weighted by Gasteiger charge is -2.46. The summed E-state index contributed by atoms with van der Waals surface area (Å²) in [6.07, 6.45) is 5.58. The van der Waals surface area contributed by atoms with E-state index in [2.05, 4.69) is 55.0 Å². The van der Waals surface area contributed by atoms with Crippen molar-refractivity contribution in [1.82, 2.24) is 4.90 Å². The summed E-state index contributed by atoms with van der Waals surface area (Å²) in [4.78, 5) is 5.08. The number of piperidine rings is 2. The van der Waals surface area contributed by atoms with E-state index in [1.165, 1.54) is 63.1 Å². The first-order valence-electron chi connectivity index (χ1n) is 8.61. The SMILES string of the molecule is CC(C)c1ccc(N2CCC3(CCN(C)CC3)CC2)cc1. The van der Waals surface area contributed by atoms with Crippen LogP contribution in [0, 0.1) is 5.41 Å². The van der Waals surface area contributed by atoms with E-state index in [1.807, 2.05) is 0 Å². The molecule has 0 unspecified atom stereocenters. The maximum atomic E-state index is 2.59. The fourth-order valence-electron chi connectivity index (χ4n) is 3.90. The molecule has 0 atom stereocenters. The summed E-state index contributed by atoms with van der Waals surface area (Å²) >= 11 is 0. The van der Waals surface area contributed by atoms with Crippen LogP contribution in [0.3, 0.4) is 0 Å². The van der Waals surface area contributed by atoms with Gasteiger partial charge < -0.3 is 9.80 Å². The molecule has 0 saturated carbocycles. The molecular formula is C19H30N2. The summed E-state index contributed by atoms with van der Waals surface area (Å²) in [6.45, 7) is 9.60. The second-order valence-corrected chi connectivity index (χ2v) is 7.54. The number of anilines is 1. The van der Waals surface area contributed by atoms with Crippen molar-refractivity contribution in [1.29, 1.82) is 0 Å². The third kappa shape index (κ3) is 3.26. The summed E-state index contributed by atoms with van der Waals surface area (Å²) in [5, 5.41) is 0. The van der Waals surface area contributed by atoms with Crippen molar-refractivity contribution in [3.8, 4) is 0 Å². The van der Waals surface area contributed by atoms with Crippen molar-refractivity contribution in [2.75, 3.05) is 38.1 Å². The van der Waals surface area contributed by atoms with Gasteiger partial charge in [-0.25, -0.2) is 0 Å². The molecule has 2 saturated heterocycles. The van der Waals surface area contributed by atoms with Gasteiger partial charge in [0.05, 0.1) is 0 Å². The largest absolute Gasteiger partial charge is 0.371 e. The van der Waals surface area contributed by atoms with Crippen LogP contribution in [0.1, 0.15) is 51.0 Å². The minimum absolute atomic E-state index is 0.628. The number of hydrogen-bond acceptors (Lipinski definition) is 2. The van der Waals surface area contributed by atoms with Crippen LogP contribution in [0.2, 0.25) is 0 Å². The van der Waals surface area contributed by atoms with Gasteiger partial charge in [0, 0.05) is 18.8 Å². The summed E-state index contributed by atoms with van der Waals surface area (Å²) in [6, 6.07) is 9.25. The Kier molecular flexibility index (Phi) is 4.26. The average molecular weight is 286 g/mol. The Morgan fingerprint density at radius 2 is 1.38 bits per heavy atom. The quantitative estimate of drug-likeness (QED) is 0.807. The second-order valence-electron chi connectivity index (χ2n) is 7.54. The van der Waals surface area contributed by atoms with Crippen LogP contribution in [0.5, 0.6) is 0 Å². The van der Waals surface area contributed by atoms with Crippen LogP contribution in [-0.2, 0) is 0 Å². The van der Waals surface area contributed by atoms with Gasteiger partial charge in [-0.3, -0.25) is 0 Å². The van der Waals surface area contributed by atoms with E-state index in [0.29, 0.717) is 11.3 Å². The molecule has 116 valence electrons. The molecule has 1 aromatic rings. The minimum Gasteiger partial charge on any atom is -0.371 e. The second kappa shape index (κ2) is 6.00. The summed E-state index contributed by atoms with van der Waals surface area (Å²) in [5.41, 5.74) is 3.52. The molecule has 1 spiro atoms. The monoisotopic (exact) mass is 286 g/mol. The van der Waals surface area contributed by atoms with E-state index >= 15 is 0 Å². The molecule has 0 aliphatic carbocycles. The third-order valence-corrected chi connectivity index (χ3v) is 5.80. The van der Waals surface area contributed by atoms with Crippen LogP contribution in [0.25, 0.3) is 0 Å². The Morgan fingerprint density at radius 1 is 0.857 bits per heavy atom. The standard InChI is InChI=1S/C19H30N2/c1-16(2)17-4-6-18(7-5-17)21-14-10-19(11-15-21)8-12-20(3)13-9-19/h4-7,16H,8-15H2,1-3H3. The summed E-state index contributed by atoms with van der Waals surface area (Å²) < 4.78 is 0. The fraction of sp³-hybridized carbons (Fsp3) is 0.684. The zero-order valence-electron chi connectivity index (χ0n) is 13.9. The van der Waals surface area contributed by atoms with Gasteiger partial charge in [0.15, 0.2) is 0 Å². The summed E-state index contributed by atoms with van der Waals surface area (Å²) in [7, 11) is 2.26. The topological polar surface area (TPSA) is 6.48 Å². The van der Waals surface area contributed by atoms with E-state index < -0.39 is 0 Å². The highest BCUT2D eigenvalue weighted by atomic mass is 15.1. The first-order valence-corrected chi connectivity index (χ1v) is 8.61. The Bertz CT molecular complexity index is 445. The van der Waals surface area contributed by atoms with E-state index in [9.17, 15) is 0 Å². The van der Waals surface area contributed by atoms with Crippen molar-refractivity contribution in [3.05, 3.63) is 29.8 Å². The highest BCUT2D eigenvalue weighted by Crippen LogP contribution is 2.41. The molecule has 2 aliphatic rings. The van der Waals surface area contributed by atoms with E-state index in [4.69, 9.17) is 0 Å². The number of likely N-dealkylation sites (tertiary alicyclic amines) is 1. The van der Waals surface area contributed by atoms with Crippen molar-refractivity contribution in [3.63, 3.8) is 0 Å². The van der Waals surface area contributed by atoms with Crippen molar-refractivity contribution in [2.45, 2.75) is 45.4 Å². The van der Waals surface area contributed by atoms with E-state index in [1.54, 1.807) is 0 Å². The highest BCUT2D eigenvalue weighted by Gasteiger charge is 2.36. The Morgan fingerprint density at radius 3 is 1.90 bits per heavy atom. The van der Waals surface area contributed by atoms with Crippen molar-refractivity contribution >= 4 is 5.69 Å². The van der Waals surface area contributed by atoms with E-state index in [-0.39, 0.29) is 0 Å². The molecule has 0 aromatic heterocycles. The Hall–Kier alpha value is -1.02. The number of nitrogens with zero attached hydrogens (tertiary/aromatic N) is 2. The van der Waals surface area contributed by atoms with Crippen molar-refractivity contribution in [2.24, 2.45) is 5.41 Å². The average Bonchev–Trinajstić information content (AvgIpc) is 2.51. The van der Waals surface area contributed by atoms with Gasteiger partial charge in [-0.2, -0.15) is 0 Å². The first-order chi connectivity index (χ1) is 10.1. The molecule has 2 heteroatoms. The predicted octanol–water partition coefficient (Wildman–Crippen LogP) is 4.12. The van der Waals surface area contributed by atoms with Gasteiger partial charge >= 0.3 is 0 Å². The van der Waals surface area contributed by atoms with Gasteiger partial charge in [0.1, 0.15) is 0 Å². The van der Waals surface area contributed by atoms with E-state index in [0.717, 1.165) is 0 Å². The van der Waals surface area contributed by atoms with Crippen LogP contribution < -0.4 is 4.90 Å². The molecule has 0 amide bonds. The zero-order chi connectivity index (χ0) is 14.9. The van der Waals surface area contributed by atoms with Crippen molar-refractivity contribution < 1.29 is 0 Å². The van der Waals surface area contributed by atoms with Gasteiger partial charge in [-0.15, -0.1) is 0 Å². The number of hydrogen-bond donors (Lipinski definition) is 0. The molecule has 2 aliphatic heterocycles. The lowest BCUT2D eigenvalue weighted by atomic mass is 9.71. The van der Waals surface area contributed by atoms with Gasteiger partial charge in [-0.05, 0) is 74.8 Å². The molecule has 2 fully saturated rings. The van der Waals surface area contributed by atoms with Gasteiger partial charge in [0.2, 0.25) is 0 Å². The molecule has 21 heavy (non-hydrogen) atoms. The molecule has 2 heterocycles. The van der Waals surface area contributed by atoms with Crippen LogP contribution in [0.15, 0.2) is 24.3 Å². The number of benzene rings is 1. The van der Waals surface area contributed by atoms with Crippen LogP contribution in [0.4, 0.5) is 5.69 Å². The molecular weight excluding hydrogens is 256 g/mol. The van der Waals surface area contributed by atoms with Crippen LogP contribution in [-0.4, -0.2) is 38.1 Å². The maximum absolute atomic E-state index is 2.59. The fourth-order valence-corrected chi connectivity index (χ4v) is 3.90. The molecule has 1 aromatic carbocycles. The Balaban J connectivity index is 1.60. The molecule has 0 radical (unpaired) electrons. The van der Waals surface area contributed by atoms with Crippen LogP contribution >= 0.6 is 0 Å². The molecule has 0 bridgehead atoms. The summed E-state index contributed by atoms with van der Waals surface area (Å²) in [5.74, 6) is 0.628. The maximum Gasteiger partial charge on any atom is 0.0366 e. The molecule has 2 nitrogen and oxygen atoms in total. The first kappa shape index (κ1) is 14.9. The van der Waals surface area contributed by atoms with Gasteiger partial charge in [-0.1, -0.05) is 26.0 Å². The molecule has 3 rings (SSSR count). The zero-order valence-corrected chi connectivity index (χ0v) is 13.9. The molecule has 0 N–H and O–H groups in total. The normalized spacial score (nSPS) is 23.0.